The van der Waals surface area contributed by atoms with Crippen LogP contribution in [0, 0.1) is 5.92 Å². The number of carbonyl (C=O) groups excluding carboxylic acids is 1. The fourth-order valence-electron chi connectivity index (χ4n) is 3.37. The summed E-state index contributed by atoms with van der Waals surface area (Å²) in [7, 11) is 2.60. The van der Waals surface area contributed by atoms with E-state index in [1.165, 1.54) is 37.1 Å². The summed E-state index contributed by atoms with van der Waals surface area (Å²) in [4.78, 5) is 25.1. The van der Waals surface area contributed by atoms with Gasteiger partial charge in [-0.15, -0.1) is 0 Å². The van der Waals surface area contributed by atoms with Gasteiger partial charge >= 0.3 is 18.1 Å². The average molecular weight is 345 g/mol. The van der Waals surface area contributed by atoms with Crippen LogP contribution < -0.4 is 0 Å². The van der Waals surface area contributed by atoms with Crippen LogP contribution in [0.3, 0.4) is 0 Å². The van der Waals surface area contributed by atoms with Gasteiger partial charge in [-0.1, -0.05) is 18.2 Å². The minimum atomic E-state index is -4.62. The molecule has 1 N–H and O–H groups in total. The van der Waals surface area contributed by atoms with Gasteiger partial charge in [0, 0.05) is 6.04 Å². The number of rotatable bonds is 3. The third kappa shape index (κ3) is 2.86. The number of esters is 1. The number of methoxy groups -OCH3 is 1. The lowest BCUT2D eigenvalue weighted by Crippen LogP contribution is -2.47. The van der Waals surface area contributed by atoms with Gasteiger partial charge in [-0.2, -0.15) is 13.2 Å². The molecule has 1 aliphatic rings. The normalized spacial score (nSPS) is 27.9. The molecule has 0 spiro atoms. The van der Waals surface area contributed by atoms with Crippen LogP contribution in [-0.2, 0) is 20.5 Å². The number of likely N-dealkylation sites (N-methyl/N-ethyl adjacent to an activating group) is 1. The number of likely N-dealkylation sites (tertiary alicyclic amines) is 1. The number of nitrogens with zero attached hydrogens (tertiary/aromatic N) is 1. The molecule has 132 valence electrons. The molecule has 8 heteroatoms. The highest BCUT2D eigenvalue weighted by Crippen LogP contribution is 2.49. The van der Waals surface area contributed by atoms with E-state index in [1.807, 2.05) is 0 Å². The fraction of sp³-hybridized carbons (Fsp3) is 0.500. The Morgan fingerprint density at radius 2 is 1.92 bits per heavy atom. The molecular formula is C16H18F3NO4. The number of carboxylic acids is 1. The standard InChI is InChI=1S/C16H18F3NO4/c1-15(14(23)24-3)8-10(13(21)22)12(20(15)2)9-6-4-5-7-11(9)16(17,18)19/h4-7,10,12H,8H2,1-3H3,(H,21,22)/t10-,12-,15+/m1/s1. The van der Waals surface area contributed by atoms with Crippen LogP contribution in [-0.4, -0.2) is 41.6 Å². The molecule has 0 unspecified atom stereocenters. The molecule has 1 fully saturated rings. The van der Waals surface area contributed by atoms with E-state index < -0.39 is 41.2 Å². The van der Waals surface area contributed by atoms with Crippen LogP contribution in [0.25, 0.3) is 0 Å². The zero-order valence-electron chi connectivity index (χ0n) is 13.4. The van der Waals surface area contributed by atoms with Gasteiger partial charge in [0.2, 0.25) is 0 Å². The van der Waals surface area contributed by atoms with Crippen LogP contribution in [0.4, 0.5) is 13.2 Å². The van der Waals surface area contributed by atoms with Crippen LogP contribution >= 0.6 is 0 Å². The number of carboxylic acid groups (broad SMARTS) is 1. The molecule has 24 heavy (non-hydrogen) atoms. The summed E-state index contributed by atoms with van der Waals surface area (Å²) in [6, 6.07) is 3.74. The average Bonchev–Trinajstić information content (AvgIpc) is 2.79. The van der Waals surface area contributed by atoms with Crippen molar-refractivity contribution in [1.82, 2.24) is 4.90 Å². The number of halogens is 3. The van der Waals surface area contributed by atoms with E-state index in [4.69, 9.17) is 4.74 Å². The zero-order chi connectivity index (χ0) is 18.3. The minimum absolute atomic E-state index is 0.137. The Balaban J connectivity index is 2.60. The first-order chi connectivity index (χ1) is 11.0. The Bertz CT molecular complexity index is 661. The van der Waals surface area contributed by atoms with Crippen molar-refractivity contribution >= 4 is 11.9 Å². The number of carbonyl (C=O) groups is 2. The molecule has 5 nitrogen and oxygen atoms in total. The molecule has 1 aromatic rings. The second kappa shape index (κ2) is 6.08. The van der Waals surface area contributed by atoms with E-state index in [0.717, 1.165) is 13.2 Å². The molecule has 1 aromatic carbocycles. The first-order valence-electron chi connectivity index (χ1n) is 7.24. The van der Waals surface area contributed by atoms with Crippen molar-refractivity contribution in [2.45, 2.75) is 31.1 Å². The predicted octanol–water partition coefficient (Wildman–Crippen LogP) is 2.71. The van der Waals surface area contributed by atoms with Crippen LogP contribution in [0.5, 0.6) is 0 Å². The Hall–Kier alpha value is -2.09. The number of aliphatic carboxylic acids is 1. The molecule has 0 aromatic heterocycles. The van der Waals surface area contributed by atoms with E-state index in [-0.39, 0.29) is 12.0 Å². The monoisotopic (exact) mass is 345 g/mol. The van der Waals surface area contributed by atoms with Crippen molar-refractivity contribution in [3.8, 4) is 0 Å². The highest BCUT2D eigenvalue weighted by atomic mass is 19.4. The van der Waals surface area contributed by atoms with E-state index >= 15 is 0 Å². The lowest BCUT2D eigenvalue weighted by atomic mass is 9.88. The van der Waals surface area contributed by atoms with E-state index in [9.17, 15) is 27.9 Å². The quantitative estimate of drug-likeness (QED) is 0.853. The largest absolute Gasteiger partial charge is 0.481 e. The van der Waals surface area contributed by atoms with Crippen molar-refractivity contribution in [3.05, 3.63) is 35.4 Å². The second-order valence-corrected chi connectivity index (χ2v) is 6.06. The van der Waals surface area contributed by atoms with Gasteiger partial charge in [0.25, 0.3) is 0 Å². The molecule has 3 atom stereocenters. The SMILES string of the molecule is COC(=O)[C@]1(C)C[C@@H](C(=O)O)[C@@H](c2ccccc2C(F)(F)F)N1C. The Kier molecular flexibility index (Phi) is 4.63. The summed E-state index contributed by atoms with van der Waals surface area (Å²) < 4.78 is 44.7. The highest BCUT2D eigenvalue weighted by Gasteiger charge is 2.56. The van der Waals surface area contributed by atoms with Gasteiger partial charge in [0.1, 0.15) is 5.54 Å². The van der Waals surface area contributed by atoms with Gasteiger partial charge in [-0.25, -0.2) is 0 Å². The highest BCUT2D eigenvalue weighted by molar-refractivity contribution is 5.83. The van der Waals surface area contributed by atoms with E-state index in [1.54, 1.807) is 0 Å². The summed E-state index contributed by atoms with van der Waals surface area (Å²) in [5.41, 5.74) is -2.38. The smallest absolute Gasteiger partial charge is 0.416 e. The number of alkyl halides is 3. The minimum Gasteiger partial charge on any atom is -0.481 e. The molecule has 1 heterocycles. The third-order valence-corrected chi connectivity index (χ3v) is 4.72. The third-order valence-electron chi connectivity index (χ3n) is 4.72. The maximum absolute atomic E-state index is 13.3. The predicted molar refractivity (Wildman–Crippen MR) is 78.1 cm³/mol. The van der Waals surface area contributed by atoms with E-state index in [2.05, 4.69) is 0 Å². The maximum atomic E-state index is 13.3. The number of hydrogen-bond acceptors (Lipinski definition) is 4. The lowest BCUT2D eigenvalue weighted by molar-refractivity contribution is -0.152. The Labute approximate surface area is 137 Å². The van der Waals surface area contributed by atoms with Crippen molar-refractivity contribution in [3.63, 3.8) is 0 Å². The lowest BCUT2D eigenvalue weighted by Gasteiger charge is -2.33. The Morgan fingerprint density at radius 1 is 1.33 bits per heavy atom. The summed E-state index contributed by atoms with van der Waals surface area (Å²) >= 11 is 0. The molecule has 2 rings (SSSR count). The number of hydrogen-bond donors (Lipinski definition) is 1. The molecule has 0 bridgehead atoms. The number of ether oxygens (including phenoxy) is 1. The van der Waals surface area contributed by atoms with Gasteiger partial charge in [0.15, 0.2) is 0 Å². The number of benzene rings is 1. The summed E-state index contributed by atoms with van der Waals surface area (Å²) in [5.74, 6) is -3.10. The zero-order valence-corrected chi connectivity index (χ0v) is 13.4. The maximum Gasteiger partial charge on any atom is 0.416 e. The van der Waals surface area contributed by atoms with Crippen molar-refractivity contribution in [2.24, 2.45) is 5.92 Å². The summed E-state index contributed by atoms with van der Waals surface area (Å²) in [5, 5.41) is 9.48. The molecule has 0 saturated carbocycles. The first kappa shape index (κ1) is 18.3. The van der Waals surface area contributed by atoms with Gasteiger partial charge in [0.05, 0.1) is 18.6 Å². The molecule has 1 aliphatic heterocycles. The van der Waals surface area contributed by atoms with Crippen LogP contribution in [0.2, 0.25) is 0 Å². The molecule has 0 radical (unpaired) electrons. The van der Waals surface area contributed by atoms with Crippen LogP contribution in [0.15, 0.2) is 24.3 Å². The van der Waals surface area contributed by atoms with Gasteiger partial charge in [-0.3, -0.25) is 14.5 Å². The van der Waals surface area contributed by atoms with Crippen molar-refractivity contribution in [2.75, 3.05) is 14.2 Å². The fourth-order valence-corrected chi connectivity index (χ4v) is 3.37. The van der Waals surface area contributed by atoms with Gasteiger partial charge < -0.3 is 9.84 Å². The van der Waals surface area contributed by atoms with Crippen LogP contribution in [0.1, 0.15) is 30.5 Å². The van der Waals surface area contributed by atoms with E-state index in [0.29, 0.717) is 0 Å². The van der Waals surface area contributed by atoms with Crippen molar-refractivity contribution < 1.29 is 32.6 Å². The topological polar surface area (TPSA) is 66.8 Å². The molecule has 0 amide bonds. The summed E-state index contributed by atoms with van der Waals surface area (Å²) in [6.07, 6.45) is -4.76. The molecule has 0 aliphatic carbocycles. The molecule has 1 saturated heterocycles. The second-order valence-electron chi connectivity index (χ2n) is 6.06. The van der Waals surface area contributed by atoms with Gasteiger partial charge in [-0.05, 0) is 32.0 Å². The first-order valence-corrected chi connectivity index (χ1v) is 7.24. The Morgan fingerprint density at radius 3 is 2.42 bits per heavy atom. The summed E-state index contributed by atoms with van der Waals surface area (Å²) in [6.45, 7) is 1.48. The molecular weight excluding hydrogens is 327 g/mol. The van der Waals surface area contributed by atoms with Crippen molar-refractivity contribution in [1.29, 1.82) is 0 Å².